The molecule has 1 aromatic rings. The third-order valence-electron chi connectivity index (χ3n) is 3.23. The normalized spacial score (nSPS) is 18.9. The molecule has 97 valence electrons. The van der Waals surface area contributed by atoms with E-state index >= 15 is 0 Å². The van der Waals surface area contributed by atoms with E-state index in [1.165, 1.54) is 4.43 Å². The molecule has 2 heteroatoms. The Hall–Kier alpha value is -0.395. The van der Waals surface area contributed by atoms with Crippen molar-refractivity contribution in [3.05, 3.63) is 54.6 Å². The summed E-state index contributed by atoms with van der Waals surface area (Å²) in [7, 11) is -0.0910. The van der Waals surface area contributed by atoms with Gasteiger partial charge in [0.05, 0.1) is 0 Å². The first-order chi connectivity index (χ1) is 7.96. The van der Waals surface area contributed by atoms with Crippen molar-refractivity contribution in [2.45, 2.75) is 24.7 Å². The van der Waals surface area contributed by atoms with E-state index in [4.69, 9.17) is 0 Å². The minimum atomic E-state index is -2.19. The van der Waals surface area contributed by atoms with Crippen molar-refractivity contribution < 1.29 is 14.8 Å². The zero-order valence-corrected chi connectivity index (χ0v) is 14.7. The molecule has 0 heterocycles. The number of rotatable bonds is 4. The molecule has 0 spiro atoms. The summed E-state index contributed by atoms with van der Waals surface area (Å²) in [6.07, 6.45) is 9.31. The zero-order valence-electron chi connectivity index (χ0n) is 11.0. The molecule has 0 radical (unpaired) electrons. The van der Waals surface area contributed by atoms with Crippen molar-refractivity contribution in [3.8, 4) is 0 Å². The van der Waals surface area contributed by atoms with Crippen LogP contribution in [0.1, 0.15) is 0 Å². The van der Waals surface area contributed by atoms with Gasteiger partial charge >= 0.3 is 109 Å². The van der Waals surface area contributed by atoms with Crippen LogP contribution in [0.15, 0.2) is 54.6 Å². The number of hydrogen-bond acceptors (Lipinski definition) is 0. The van der Waals surface area contributed by atoms with Crippen molar-refractivity contribution in [2.24, 2.45) is 0 Å². The van der Waals surface area contributed by atoms with E-state index < -0.39 is 14.8 Å². The van der Waals surface area contributed by atoms with E-state index in [0.29, 0.717) is 0 Å². The van der Waals surface area contributed by atoms with E-state index in [1.54, 1.807) is 5.19 Å². The summed E-state index contributed by atoms with van der Waals surface area (Å²) in [6.45, 7) is 0. The first-order valence-corrected chi connectivity index (χ1v) is 17.2. The summed E-state index contributed by atoms with van der Waals surface area (Å²) in [4.78, 5) is 0. The van der Waals surface area contributed by atoms with Crippen LogP contribution in [0.4, 0.5) is 0 Å². The van der Waals surface area contributed by atoms with Crippen LogP contribution < -0.4 is 5.19 Å². The molecule has 2 rings (SSSR count). The van der Waals surface area contributed by atoms with Gasteiger partial charge in [-0.3, -0.25) is 0 Å². The van der Waals surface area contributed by atoms with E-state index in [1.807, 2.05) is 0 Å². The zero-order chi connectivity index (χ0) is 12.4. The fourth-order valence-corrected chi connectivity index (χ4v) is 17.6. The second-order valence-corrected chi connectivity index (χ2v) is 28.4. The number of benzene rings is 1. The van der Waals surface area contributed by atoms with E-state index in [9.17, 15) is 0 Å². The average Bonchev–Trinajstić information content (AvgIpc) is 2.82. The van der Waals surface area contributed by atoms with Gasteiger partial charge in [-0.15, -0.1) is 0 Å². The quantitative estimate of drug-likeness (QED) is 0.646. The van der Waals surface area contributed by atoms with Crippen LogP contribution >= 0.6 is 0 Å². The van der Waals surface area contributed by atoms with Gasteiger partial charge in [0.2, 0.25) is 0 Å². The van der Waals surface area contributed by atoms with E-state index in [-0.39, 0.29) is 9.52 Å². The predicted octanol–water partition coefficient (Wildman–Crippen LogP) is 3.60. The van der Waals surface area contributed by atoms with Crippen LogP contribution in [0.3, 0.4) is 0 Å². The Morgan fingerprint density at radius 3 is 2.18 bits per heavy atom. The second kappa shape index (κ2) is 4.70. The van der Waals surface area contributed by atoms with Crippen LogP contribution in [0.25, 0.3) is 0 Å². The van der Waals surface area contributed by atoms with Gasteiger partial charge in [0.1, 0.15) is 0 Å². The standard InChI is InChI=1S/C7H9Si.C5H5.3CH3.Pt/c1-8-7-5-3-2-4-6-7;1-2-4-5-3-1;;;;/h2-6H,1,8H2;1-5H;3*1H3;. The SMILES string of the molecule is [CH3][Pt]([CH3])([CH3])([CH2][SiH2]c1ccccc1)[CH]1C=CC=C1. The summed E-state index contributed by atoms with van der Waals surface area (Å²) in [6, 6.07) is 11.1. The third-order valence-corrected chi connectivity index (χ3v) is 26.0. The molecule has 0 nitrogen and oxygen atoms in total. The maximum atomic E-state index is 2.60. The van der Waals surface area contributed by atoms with Crippen molar-refractivity contribution in [1.29, 1.82) is 0 Å². The van der Waals surface area contributed by atoms with Crippen molar-refractivity contribution in [3.63, 3.8) is 0 Å². The molecule has 0 bridgehead atoms. The molecular formula is C15H23PtSi. The Bertz CT molecular complexity index is 425. The fraction of sp³-hybridized carbons (Fsp3) is 0.333. The molecule has 1 aliphatic rings. The molecule has 1 aliphatic carbocycles. The molecule has 1 aromatic carbocycles. The molecule has 17 heavy (non-hydrogen) atoms. The first kappa shape index (κ1) is 13.0. The van der Waals surface area contributed by atoms with Gasteiger partial charge in [-0.2, -0.15) is 0 Å². The summed E-state index contributed by atoms with van der Waals surface area (Å²) in [5, 5.41) is 9.43. The molecule has 0 saturated carbocycles. The van der Waals surface area contributed by atoms with Crippen molar-refractivity contribution in [1.82, 2.24) is 0 Å². The van der Waals surface area contributed by atoms with E-state index in [2.05, 4.69) is 70.6 Å². The van der Waals surface area contributed by atoms with Gasteiger partial charge in [0.25, 0.3) is 0 Å². The minimum absolute atomic E-state index is 0.0910. The predicted molar refractivity (Wildman–Crippen MR) is 79.0 cm³/mol. The first-order valence-electron chi connectivity index (χ1n) is 5.79. The molecule has 0 atom stereocenters. The van der Waals surface area contributed by atoms with Crippen molar-refractivity contribution >= 4 is 14.7 Å². The summed E-state index contributed by atoms with van der Waals surface area (Å²) in [5.74, 6) is 0. The molecule has 0 fully saturated rings. The molecule has 0 aliphatic heterocycles. The molecule has 0 amide bonds. The summed E-state index contributed by atoms with van der Waals surface area (Å²) >= 11 is -2.19. The molecular weight excluding hydrogens is 403 g/mol. The van der Waals surface area contributed by atoms with Crippen LogP contribution in [0.5, 0.6) is 0 Å². The fourth-order valence-electron chi connectivity index (χ4n) is 1.97. The van der Waals surface area contributed by atoms with Crippen LogP contribution in [0, 0.1) is 0 Å². The molecule has 0 N–H and O–H groups in total. The monoisotopic (exact) mass is 426 g/mol. The van der Waals surface area contributed by atoms with Gasteiger partial charge < -0.3 is 0 Å². The molecule has 0 saturated heterocycles. The molecule has 0 aromatic heterocycles. The Balaban J connectivity index is 2.06. The van der Waals surface area contributed by atoms with Gasteiger partial charge in [0.15, 0.2) is 0 Å². The van der Waals surface area contributed by atoms with Gasteiger partial charge in [-0.1, -0.05) is 0 Å². The summed E-state index contributed by atoms with van der Waals surface area (Å²) in [5.41, 5.74) is 0. The number of allylic oxidation sites excluding steroid dienone is 4. The Labute approximate surface area is 108 Å². The Morgan fingerprint density at radius 2 is 1.59 bits per heavy atom. The van der Waals surface area contributed by atoms with Gasteiger partial charge in [-0.05, 0) is 0 Å². The Kier molecular flexibility index (Phi) is 3.61. The van der Waals surface area contributed by atoms with Crippen LogP contribution in [-0.2, 0) is 14.8 Å². The van der Waals surface area contributed by atoms with Gasteiger partial charge in [-0.25, -0.2) is 0 Å². The second-order valence-electron chi connectivity index (χ2n) is 5.36. The third kappa shape index (κ3) is 3.30. The van der Waals surface area contributed by atoms with Crippen molar-refractivity contribution in [2.75, 3.05) is 0 Å². The number of hydrogen-bond donors (Lipinski definition) is 0. The topological polar surface area (TPSA) is 0 Å². The Morgan fingerprint density at radius 1 is 1.00 bits per heavy atom. The van der Waals surface area contributed by atoms with Gasteiger partial charge in [0, 0.05) is 0 Å². The van der Waals surface area contributed by atoms with Crippen LogP contribution in [-0.4, -0.2) is 9.52 Å². The molecule has 0 unspecified atom stereocenters. The van der Waals surface area contributed by atoms with Crippen LogP contribution in [0.2, 0.25) is 24.7 Å². The van der Waals surface area contributed by atoms with E-state index in [0.717, 1.165) is 4.31 Å². The maximum absolute atomic E-state index is 2.60. The average molecular weight is 427 g/mol. The summed E-state index contributed by atoms with van der Waals surface area (Å²) < 4.78 is 2.30.